The lowest BCUT2D eigenvalue weighted by molar-refractivity contribution is -0.145. The SMILES string of the molecule is O=C(O)CC(NC(=O)Nc1cc(F)cc(F)c1F)C(=O)O. The van der Waals surface area contributed by atoms with E-state index >= 15 is 0 Å². The summed E-state index contributed by atoms with van der Waals surface area (Å²) in [6.07, 6.45) is -0.928. The number of nitrogens with one attached hydrogen (secondary N) is 2. The van der Waals surface area contributed by atoms with Gasteiger partial charge in [-0.1, -0.05) is 0 Å². The highest BCUT2D eigenvalue weighted by atomic mass is 19.2. The molecule has 2 amide bonds. The molecule has 1 atom stereocenters. The number of hydrogen-bond donors (Lipinski definition) is 4. The summed E-state index contributed by atoms with van der Waals surface area (Å²) in [6.45, 7) is 0. The number of benzene rings is 1. The molecule has 21 heavy (non-hydrogen) atoms. The summed E-state index contributed by atoms with van der Waals surface area (Å²) in [5.74, 6) is -7.39. The van der Waals surface area contributed by atoms with Crippen molar-refractivity contribution in [2.24, 2.45) is 0 Å². The minimum absolute atomic E-state index is 0.253. The fourth-order valence-corrected chi connectivity index (χ4v) is 1.34. The van der Waals surface area contributed by atoms with Gasteiger partial charge in [-0.25, -0.2) is 22.8 Å². The van der Waals surface area contributed by atoms with Crippen molar-refractivity contribution in [1.82, 2.24) is 5.32 Å². The maximum absolute atomic E-state index is 13.3. The van der Waals surface area contributed by atoms with Gasteiger partial charge in [0.1, 0.15) is 11.9 Å². The molecule has 1 aromatic rings. The molecule has 0 bridgehead atoms. The number of urea groups is 1. The maximum Gasteiger partial charge on any atom is 0.326 e. The number of rotatable bonds is 5. The van der Waals surface area contributed by atoms with Crippen molar-refractivity contribution in [3.63, 3.8) is 0 Å². The van der Waals surface area contributed by atoms with Gasteiger partial charge in [0.2, 0.25) is 0 Å². The number of amides is 2. The van der Waals surface area contributed by atoms with E-state index in [9.17, 15) is 27.6 Å². The number of carboxylic acid groups (broad SMARTS) is 2. The van der Waals surface area contributed by atoms with Gasteiger partial charge in [-0.05, 0) is 0 Å². The van der Waals surface area contributed by atoms with Gasteiger partial charge in [0.05, 0.1) is 12.1 Å². The fraction of sp³-hybridized carbons (Fsp3) is 0.182. The van der Waals surface area contributed by atoms with E-state index in [-0.39, 0.29) is 6.07 Å². The topological polar surface area (TPSA) is 116 Å². The highest BCUT2D eigenvalue weighted by Crippen LogP contribution is 2.18. The molecular formula is C11H9F3N2O5. The Hall–Kier alpha value is -2.78. The zero-order valence-corrected chi connectivity index (χ0v) is 10.2. The summed E-state index contributed by atoms with van der Waals surface area (Å²) in [6, 6.07) is -2.38. The van der Waals surface area contributed by atoms with Crippen LogP contribution in [0.5, 0.6) is 0 Å². The third kappa shape index (κ3) is 4.67. The lowest BCUT2D eigenvalue weighted by atomic mass is 10.2. The first-order chi connectivity index (χ1) is 9.70. The molecule has 0 aromatic heterocycles. The molecule has 7 nitrogen and oxygen atoms in total. The molecule has 1 rings (SSSR count). The van der Waals surface area contributed by atoms with Crippen LogP contribution >= 0.6 is 0 Å². The van der Waals surface area contributed by atoms with E-state index in [0.717, 1.165) is 0 Å². The van der Waals surface area contributed by atoms with Crippen LogP contribution in [0.1, 0.15) is 6.42 Å². The largest absolute Gasteiger partial charge is 0.481 e. The lowest BCUT2D eigenvalue weighted by Gasteiger charge is -2.13. The van der Waals surface area contributed by atoms with Crippen LogP contribution in [0, 0.1) is 17.5 Å². The Morgan fingerprint density at radius 3 is 2.29 bits per heavy atom. The van der Waals surface area contributed by atoms with E-state index in [2.05, 4.69) is 0 Å². The second-order valence-electron chi connectivity index (χ2n) is 3.84. The van der Waals surface area contributed by atoms with Gasteiger partial charge in [0.15, 0.2) is 11.6 Å². The van der Waals surface area contributed by atoms with Crippen molar-refractivity contribution in [2.45, 2.75) is 12.5 Å². The number of anilines is 1. The number of carbonyl (C=O) groups excluding carboxylic acids is 1. The average molecular weight is 306 g/mol. The van der Waals surface area contributed by atoms with Crippen LogP contribution in [-0.4, -0.2) is 34.2 Å². The van der Waals surface area contributed by atoms with E-state index in [1.807, 2.05) is 0 Å². The van der Waals surface area contributed by atoms with E-state index in [4.69, 9.17) is 10.2 Å². The number of halogens is 3. The molecule has 4 N–H and O–H groups in total. The van der Waals surface area contributed by atoms with Crippen LogP contribution < -0.4 is 10.6 Å². The molecular weight excluding hydrogens is 297 g/mol. The summed E-state index contributed by atoms with van der Waals surface area (Å²) >= 11 is 0. The van der Waals surface area contributed by atoms with Gasteiger partial charge in [-0.2, -0.15) is 0 Å². The first-order valence-corrected chi connectivity index (χ1v) is 5.37. The van der Waals surface area contributed by atoms with Gasteiger partial charge in [-0.15, -0.1) is 0 Å². The van der Waals surface area contributed by atoms with Gasteiger partial charge >= 0.3 is 18.0 Å². The molecule has 0 heterocycles. The van der Waals surface area contributed by atoms with Crippen LogP contribution in [0.3, 0.4) is 0 Å². The van der Waals surface area contributed by atoms with Crippen LogP contribution in [0.25, 0.3) is 0 Å². The van der Waals surface area contributed by atoms with Crippen LogP contribution in [0.4, 0.5) is 23.7 Å². The van der Waals surface area contributed by atoms with Gasteiger partial charge in [-0.3, -0.25) is 4.79 Å². The summed E-state index contributed by atoms with van der Waals surface area (Å²) in [4.78, 5) is 32.5. The van der Waals surface area contributed by atoms with Gasteiger partial charge < -0.3 is 20.8 Å². The standard InChI is InChI=1S/C11H9F3N2O5/c12-4-1-5(13)9(14)6(2-4)15-11(21)16-7(10(19)20)3-8(17)18/h1-2,7H,3H2,(H,17,18)(H,19,20)(H2,15,16,21). The summed E-state index contributed by atoms with van der Waals surface area (Å²) < 4.78 is 39.0. The Bertz CT molecular complexity index is 593. The molecule has 114 valence electrons. The Labute approximate surface area is 115 Å². The van der Waals surface area contributed by atoms with Crippen LogP contribution in [0.15, 0.2) is 12.1 Å². The summed E-state index contributed by atoms with van der Waals surface area (Å²) in [5.41, 5.74) is -0.857. The molecule has 0 saturated carbocycles. The van der Waals surface area contributed by atoms with Crippen molar-refractivity contribution in [1.29, 1.82) is 0 Å². The van der Waals surface area contributed by atoms with Crippen LogP contribution in [-0.2, 0) is 9.59 Å². The Kier molecular flexibility index (Phi) is 5.11. The predicted molar refractivity (Wildman–Crippen MR) is 62.1 cm³/mol. The first-order valence-electron chi connectivity index (χ1n) is 5.37. The van der Waals surface area contributed by atoms with E-state index in [0.29, 0.717) is 6.07 Å². The second kappa shape index (κ2) is 6.59. The van der Waals surface area contributed by atoms with Crippen molar-refractivity contribution in [2.75, 3.05) is 5.32 Å². The Balaban J connectivity index is 2.81. The Morgan fingerprint density at radius 2 is 1.76 bits per heavy atom. The Morgan fingerprint density at radius 1 is 1.14 bits per heavy atom. The molecule has 10 heteroatoms. The van der Waals surface area contributed by atoms with Gasteiger partial charge in [0, 0.05) is 12.1 Å². The van der Waals surface area contributed by atoms with Gasteiger partial charge in [0.25, 0.3) is 0 Å². The maximum atomic E-state index is 13.3. The minimum Gasteiger partial charge on any atom is -0.481 e. The monoisotopic (exact) mass is 306 g/mol. The molecule has 0 aliphatic carbocycles. The van der Waals surface area contributed by atoms with E-state index in [1.54, 1.807) is 10.6 Å². The third-order valence-electron chi connectivity index (χ3n) is 2.22. The normalized spacial score (nSPS) is 11.6. The predicted octanol–water partition coefficient (Wildman–Crippen LogP) is 1.15. The highest BCUT2D eigenvalue weighted by molar-refractivity contribution is 5.93. The molecule has 0 saturated heterocycles. The van der Waals surface area contributed by atoms with Crippen molar-refractivity contribution < 1.29 is 37.8 Å². The third-order valence-corrected chi connectivity index (χ3v) is 2.22. The molecule has 0 spiro atoms. The number of carbonyl (C=O) groups is 3. The number of carboxylic acids is 2. The lowest BCUT2D eigenvalue weighted by Crippen LogP contribution is -2.44. The fourth-order valence-electron chi connectivity index (χ4n) is 1.34. The minimum atomic E-state index is -1.79. The van der Waals surface area contributed by atoms with E-state index < -0.39 is 53.6 Å². The quantitative estimate of drug-likeness (QED) is 0.609. The number of hydrogen-bond acceptors (Lipinski definition) is 3. The van der Waals surface area contributed by atoms with Crippen molar-refractivity contribution >= 4 is 23.7 Å². The van der Waals surface area contributed by atoms with Crippen LogP contribution in [0.2, 0.25) is 0 Å². The van der Waals surface area contributed by atoms with Crippen molar-refractivity contribution in [3.8, 4) is 0 Å². The smallest absolute Gasteiger partial charge is 0.326 e. The molecule has 1 unspecified atom stereocenters. The molecule has 0 aliphatic rings. The molecule has 0 fully saturated rings. The highest BCUT2D eigenvalue weighted by Gasteiger charge is 2.23. The average Bonchev–Trinajstić information content (AvgIpc) is 2.33. The molecule has 0 aliphatic heterocycles. The molecule has 1 aromatic carbocycles. The second-order valence-corrected chi connectivity index (χ2v) is 3.84. The molecule has 0 radical (unpaired) electrons. The zero-order valence-electron chi connectivity index (χ0n) is 10.2. The number of aliphatic carboxylic acids is 2. The van der Waals surface area contributed by atoms with E-state index in [1.165, 1.54) is 0 Å². The first kappa shape index (κ1) is 16.3. The summed E-state index contributed by atoms with van der Waals surface area (Å²) in [5, 5.41) is 20.5. The van der Waals surface area contributed by atoms with Crippen molar-refractivity contribution in [3.05, 3.63) is 29.6 Å². The summed E-state index contributed by atoms with van der Waals surface area (Å²) in [7, 11) is 0. The zero-order chi connectivity index (χ0) is 16.2.